The van der Waals surface area contributed by atoms with Crippen LogP contribution in [0.4, 0.5) is 16.2 Å². The highest BCUT2D eigenvalue weighted by Crippen LogP contribution is 2.34. The topological polar surface area (TPSA) is 123 Å². The maximum Gasteiger partial charge on any atom is 0.335 e. The van der Waals surface area contributed by atoms with Crippen LogP contribution in [0.3, 0.4) is 0 Å². The summed E-state index contributed by atoms with van der Waals surface area (Å²) in [6, 6.07) is 16.0. The van der Waals surface area contributed by atoms with Gasteiger partial charge in [-0.25, -0.2) is 9.69 Å². The number of ether oxygens (including phenoxy) is 3. The van der Waals surface area contributed by atoms with Gasteiger partial charge in [0.05, 0.1) is 23.9 Å². The zero-order chi connectivity index (χ0) is 29.5. The number of para-hydroxylation sites is 1. The second-order valence-electron chi connectivity index (χ2n) is 8.98. The highest BCUT2D eigenvalue weighted by Gasteiger charge is 2.37. The highest BCUT2D eigenvalue weighted by atomic mass is 79.9. The highest BCUT2D eigenvalue weighted by molar-refractivity contribution is 9.10. The summed E-state index contributed by atoms with van der Waals surface area (Å²) < 4.78 is 17.1. The first-order chi connectivity index (χ1) is 19.7. The van der Waals surface area contributed by atoms with E-state index in [0.717, 1.165) is 16.9 Å². The Balaban J connectivity index is 1.50. The summed E-state index contributed by atoms with van der Waals surface area (Å²) in [5.74, 6) is -0.752. The number of urea groups is 1. The third-order valence-electron chi connectivity index (χ3n) is 6.01. The molecule has 5 amide bonds. The molecule has 0 aliphatic carbocycles. The summed E-state index contributed by atoms with van der Waals surface area (Å²) >= 11 is 3.41. The maximum atomic E-state index is 13.3. The van der Waals surface area contributed by atoms with Crippen LogP contribution in [-0.2, 0) is 14.4 Å². The number of amides is 5. The zero-order valence-corrected chi connectivity index (χ0v) is 24.2. The lowest BCUT2D eigenvalue weighted by Gasteiger charge is -2.27. The number of barbiturate groups is 1. The number of hydrogen-bond donors (Lipinski definition) is 2. The number of carbonyl (C=O) groups is 4. The van der Waals surface area contributed by atoms with Gasteiger partial charge < -0.3 is 19.5 Å². The minimum atomic E-state index is -0.879. The third kappa shape index (κ3) is 6.93. The number of nitrogens with one attached hydrogen (secondary N) is 2. The number of nitrogens with zero attached hydrogens (tertiary/aromatic N) is 1. The van der Waals surface area contributed by atoms with E-state index in [2.05, 4.69) is 26.6 Å². The molecule has 1 fully saturated rings. The summed E-state index contributed by atoms with van der Waals surface area (Å²) in [6.07, 6.45) is 2.16. The van der Waals surface area contributed by atoms with Gasteiger partial charge in [0, 0.05) is 11.8 Å². The predicted octanol–water partition coefficient (Wildman–Crippen LogP) is 5.24. The van der Waals surface area contributed by atoms with Crippen molar-refractivity contribution in [2.24, 2.45) is 0 Å². The SMILES string of the molecule is CCCOc1ccc(N2C(=O)NC(=O)/C(=C/c3ccc(OCC(=O)Nc4ccccc4C)c(Br)c3)C2=O)cc1OC. The van der Waals surface area contributed by atoms with Crippen molar-refractivity contribution in [1.82, 2.24) is 5.32 Å². The van der Waals surface area contributed by atoms with E-state index < -0.39 is 17.8 Å². The summed E-state index contributed by atoms with van der Waals surface area (Å²) in [5.41, 5.74) is 2.08. The van der Waals surface area contributed by atoms with Gasteiger partial charge in [0.2, 0.25) is 0 Å². The van der Waals surface area contributed by atoms with Gasteiger partial charge in [0.25, 0.3) is 17.7 Å². The lowest BCUT2D eigenvalue weighted by molar-refractivity contribution is -0.122. The Bertz CT molecular complexity index is 1540. The van der Waals surface area contributed by atoms with Crippen LogP contribution < -0.4 is 29.7 Å². The Morgan fingerprint density at radius 3 is 2.46 bits per heavy atom. The fraction of sp³-hybridized carbons (Fsp3) is 0.200. The van der Waals surface area contributed by atoms with Gasteiger partial charge in [0.1, 0.15) is 11.3 Å². The first-order valence-electron chi connectivity index (χ1n) is 12.7. The molecule has 3 aromatic carbocycles. The molecule has 41 heavy (non-hydrogen) atoms. The van der Waals surface area contributed by atoms with Gasteiger partial charge in [-0.05, 0) is 76.8 Å². The minimum Gasteiger partial charge on any atom is -0.493 e. The number of hydrogen-bond acceptors (Lipinski definition) is 7. The Hall–Kier alpha value is -4.64. The number of rotatable bonds is 10. The first-order valence-corrected chi connectivity index (χ1v) is 13.5. The van der Waals surface area contributed by atoms with Crippen LogP contribution in [-0.4, -0.2) is 44.1 Å². The molecule has 1 aliphatic heterocycles. The van der Waals surface area contributed by atoms with E-state index in [1.807, 2.05) is 32.0 Å². The quantitative estimate of drug-likeness (QED) is 0.234. The first kappa shape index (κ1) is 29.3. The average molecular weight is 622 g/mol. The summed E-state index contributed by atoms with van der Waals surface area (Å²) in [7, 11) is 1.45. The van der Waals surface area contributed by atoms with Gasteiger partial charge in [-0.3, -0.25) is 19.7 Å². The van der Waals surface area contributed by atoms with E-state index in [1.54, 1.807) is 30.3 Å². The number of imide groups is 2. The van der Waals surface area contributed by atoms with Crippen LogP contribution in [0.15, 0.2) is 70.7 Å². The molecule has 212 valence electrons. The normalized spacial score (nSPS) is 14.1. The average Bonchev–Trinajstić information content (AvgIpc) is 2.95. The second-order valence-corrected chi connectivity index (χ2v) is 9.84. The molecule has 0 radical (unpaired) electrons. The van der Waals surface area contributed by atoms with Crippen LogP contribution in [0, 0.1) is 6.92 Å². The van der Waals surface area contributed by atoms with Gasteiger partial charge >= 0.3 is 6.03 Å². The lowest BCUT2D eigenvalue weighted by Crippen LogP contribution is -2.54. The van der Waals surface area contributed by atoms with Crippen LogP contribution in [0.5, 0.6) is 17.2 Å². The van der Waals surface area contributed by atoms with Crippen molar-refractivity contribution in [2.45, 2.75) is 20.3 Å². The molecule has 1 saturated heterocycles. The fourth-order valence-corrected chi connectivity index (χ4v) is 4.46. The van der Waals surface area contributed by atoms with Gasteiger partial charge in [-0.1, -0.05) is 31.2 Å². The van der Waals surface area contributed by atoms with Crippen LogP contribution >= 0.6 is 15.9 Å². The van der Waals surface area contributed by atoms with Gasteiger partial charge in [-0.2, -0.15) is 0 Å². The maximum absolute atomic E-state index is 13.3. The largest absolute Gasteiger partial charge is 0.493 e. The van der Waals surface area contributed by atoms with Crippen molar-refractivity contribution < 1.29 is 33.4 Å². The van der Waals surface area contributed by atoms with Crippen molar-refractivity contribution in [3.63, 3.8) is 0 Å². The van der Waals surface area contributed by atoms with E-state index in [-0.39, 0.29) is 23.8 Å². The number of aryl methyl sites for hydroxylation is 1. The molecule has 0 saturated carbocycles. The Morgan fingerprint density at radius 2 is 1.76 bits per heavy atom. The van der Waals surface area contributed by atoms with Crippen LogP contribution in [0.2, 0.25) is 0 Å². The monoisotopic (exact) mass is 621 g/mol. The standard InChI is InChI=1S/C30H28BrN3O7/c1-4-13-40-25-12-10-20(16-26(25)39-3)34-29(37)21(28(36)33-30(34)38)14-19-9-11-24(22(31)15-19)41-17-27(35)32-23-8-6-5-7-18(23)2/h5-12,14-16H,4,13,17H2,1-3H3,(H,32,35)(H,33,36,38)/b21-14-. The summed E-state index contributed by atoms with van der Waals surface area (Å²) in [6.45, 7) is 4.11. The predicted molar refractivity (Wildman–Crippen MR) is 157 cm³/mol. The fourth-order valence-electron chi connectivity index (χ4n) is 3.95. The molecule has 1 aliphatic rings. The van der Waals surface area contributed by atoms with E-state index in [9.17, 15) is 19.2 Å². The smallest absolute Gasteiger partial charge is 0.335 e. The van der Waals surface area contributed by atoms with Crippen LogP contribution in [0.1, 0.15) is 24.5 Å². The number of halogens is 1. The number of benzene rings is 3. The van der Waals surface area contributed by atoms with Crippen LogP contribution in [0.25, 0.3) is 6.08 Å². The van der Waals surface area contributed by atoms with Gasteiger partial charge in [0.15, 0.2) is 18.1 Å². The molecular formula is C30H28BrN3O7. The van der Waals surface area contributed by atoms with E-state index in [0.29, 0.717) is 39.6 Å². The molecule has 4 rings (SSSR count). The Kier molecular flexibility index (Phi) is 9.41. The van der Waals surface area contributed by atoms with Crippen molar-refractivity contribution >= 4 is 57.1 Å². The molecule has 1 heterocycles. The lowest BCUT2D eigenvalue weighted by atomic mass is 10.1. The Labute approximate surface area is 245 Å². The summed E-state index contributed by atoms with van der Waals surface area (Å²) in [5, 5.41) is 5.00. The molecule has 0 aromatic heterocycles. The van der Waals surface area contributed by atoms with Crippen molar-refractivity contribution in [1.29, 1.82) is 0 Å². The zero-order valence-electron chi connectivity index (χ0n) is 22.7. The van der Waals surface area contributed by atoms with E-state index in [4.69, 9.17) is 14.2 Å². The molecule has 10 nitrogen and oxygen atoms in total. The number of carbonyl (C=O) groups excluding carboxylic acids is 4. The molecule has 0 spiro atoms. The van der Waals surface area contributed by atoms with E-state index >= 15 is 0 Å². The van der Waals surface area contributed by atoms with E-state index in [1.165, 1.54) is 25.3 Å². The second kappa shape index (κ2) is 13.1. The molecule has 11 heteroatoms. The molecule has 2 N–H and O–H groups in total. The summed E-state index contributed by atoms with van der Waals surface area (Å²) in [4.78, 5) is 51.8. The molecule has 0 unspecified atom stereocenters. The Morgan fingerprint density at radius 1 is 1.00 bits per heavy atom. The molecule has 0 bridgehead atoms. The third-order valence-corrected chi connectivity index (χ3v) is 6.63. The number of anilines is 2. The van der Waals surface area contributed by atoms with Crippen molar-refractivity contribution in [3.8, 4) is 17.2 Å². The molecular weight excluding hydrogens is 594 g/mol. The number of methoxy groups -OCH3 is 1. The van der Waals surface area contributed by atoms with Crippen molar-refractivity contribution in [3.05, 3.63) is 81.8 Å². The molecule has 3 aromatic rings. The van der Waals surface area contributed by atoms with Crippen molar-refractivity contribution in [2.75, 3.05) is 30.5 Å². The van der Waals surface area contributed by atoms with Gasteiger partial charge in [-0.15, -0.1) is 0 Å². The molecule has 0 atom stereocenters. The minimum absolute atomic E-state index is 0.209.